The minimum Gasteiger partial charge on any atom is -0.352 e. The predicted octanol–water partition coefficient (Wildman–Crippen LogP) is 2.26. The molecule has 1 saturated heterocycles. The third-order valence-electron chi connectivity index (χ3n) is 5.45. The van der Waals surface area contributed by atoms with Crippen molar-refractivity contribution in [2.45, 2.75) is 31.8 Å². The van der Waals surface area contributed by atoms with Gasteiger partial charge in [-0.1, -0.05) is 30.3 Å². The summed E-state index contributed by atoms with van der Waals surface area (Å²) in [5.74, 6) is 0.187. The summed E-state index contributed by atoms with van der Waals surface area (Å²) in [6.07, 6.45) is 2.21. The van der Waals surface area contributed by atoms with E-state index in [-0.39, 0.29) is 17.9 Å². The van der Waals surface area contributed by atoms with Crippen molar-refractivity contribution in [3.05, 3.63) is 48.0 Å². The van der Waals surface area contributed by atoms with Crippen LogP contribution >= 0.6 is 0 Å². The lowest BCUT2D eigenvalue weighted by atomic mass is 10.1. The van der Waals surface area contributed by atoms with Crippen molar-refractivity contribution in [3.63, 3.8) is 0 Å². The Morgan fingerprint density at radius 3 is 2.38 bits per heavy atom. The third kappa shape index (κ3) is 3.58. The quantitative estimate of drug-likeness (QED) is 0.919. The molecule has 0 unspecified atom stereocenters. The molecule has 26 heavy (non-hydrogen) atoms. The molecule has 0 spiro atoms. The summed E-state index contributed by atoms with van der Waals surface area (Å²) in [4.78, 5) is 29.1. The van der Waals surface area contributed by atoms with Gasteiger partial charge in [0, 0.05) is 37.8 Å². The van der Waals surface area contributed by atoms with Crippen LogP contribution in [0.25, 0.3) is 10.8 Å². The van der Waals surface area contributed by atoms with Crippen LogP contribution in [0.15, 0.2) is 42.5 Å². The van der Waals surface area contributed by atoms with Gasteiger partial charge in [-0.15, -0.1) is 0 Å². The van der Waals surface area contributed by atoms with Crippen LogP contribution in [0.1, 0.15) is 30.1 Å². The first-order chi connectivity index (χ1) is 12.6. The maximum absolute atomic E-state index is 12.8. The Morgan fingerprint density at radius 1 is 1.00 bits per heavy atom. The van der Waals surface area contributed by atoms with Gasteiger partial charge in [0.1, 0.15) is 0 Å². The Hall–Kier alpha value is -2.40. The van der Waals surface area contributed by atoms with E-state index < -0.39 is 0 Å². The summed E-state index contributed by atoms with van der Waals surface area (Å²) in [5.41, 5.74) is 0.733. The van der Waals surface area contributed by atoms with Gasteiger partial charge in [0.25, 0.3) is 5.91 Å². The second kappa shape index (κ2) is 7.08. The van der Waals surface area contributed by atoms with Gasteiger partial charge in [0.2, 0.25) is 5.91 Å². The van der Waals surface area contributed by atoms with Crippen molar-refractivity contribution in [1.29, 1.82) is 0 Å². The number of nitrogens with zero attached hydrogens (tertiary/aromatic N) is 2. The molecule has 1 aliphatic heterocycles. The monoisotopic (exact) mass is 351 g/mol. The number of hydrogen-bond acceptors (Lipinski definition) is 3. The summed E-state index contributed by atoms with van der Waals surface area (Å²) in [6, 6.07) is 14.2. The van der Waals surface area contributed by atoms with Crippen molar-refractivity contribution in [3.8, 4) is 0 Å². The summed E-state index contributed by atoms with van der Waals surface area (Å²) in [7, 11) is 0. The van der Waals surface area contributed by atoms with E-state index in [1.807, 2.05) is 48.2 Å². The van der Waals surface area contributed by atoms with Crippen LogP contribution in [0, 0.1) is 0 Å². The fraction of sp³-hybridized carbons (Fsp3) is 0.429. The maximum atomic E-state index is 12.8. The number of benzene rings is 2. The van der Waals surface area contributed by atoms with Gasteiger partial charge in [0.15, 0.2) is 0 Å². The van der Waals surface area contributed by atoms with E-state index in [0.29, 0.717) is 19.1 Å². The zero-order valence-corrected chi connectivity index (χ0v) is 15.1. The average molecular weight is 351 g/mol. The summed E-state index contributed by atoms with van der Waals surface area (Å²) < 4.78 is 0. The smallest absolute Gasteiger partial charge is 0.253 e. The van der Waals surface area contributed by atoms with Crippen LogP contribution in [-0.4, -0.2) is 59.9 Å². The van der Waals surface area contributed by atoms with Gasteiger partial charge in [-0.05, 0) is 42.7 Å². The minimum atomic E-state index is -0.131. The minimum absolute atomic E-state index is 0.0745. The Bertz CT molecular complexity index is 823. The SMILES string of the molecule is C[C@@H](C(=O)NC1CC1)N1CCN(C(=O)c2ccc3ccccc3c2)CC1. The second-order valence-corrected chi connectivity index (χ2v) is 7.35. The molecule has 5 heteroatoms. The predicted molar refractivity (Wildman–Crippen MR) is 102 cm³/mol. The molecule has 4 rings (SSSR count). The molecule has 0 aromatic heterocycles. The molecule has 1 atom stereocenters. The maximum Gasteiger partial charge on any atom is 0.253 e. The van der Waals surface area contributed by atoms with Gasteiger partial charge < -0.3 is 10.2 Å². The van der Waals surface area contributed by atoms with Gasteiger partial charge in [0.05, 0.1) is 6.04 Å². The van der Waals surface area contributed by atoms with Crippen molar-refractivity contribution in [2.24, 2.45) is 0 Å². The highest BCUT2D eigenvalue weighted by atomic mass is 16.2. The van der Waals surface area contributed by atoms with Gasteiger partial charge in [-0.25, -0.2) is 0 Å². The van der Waals surface area contributed by atoms with E-state index in [0.717, 1.165) is 42.3 Å². The number of nitrogens with one attached hydrogen (secondary N) is 1. The average Bonchev–Trinajstić information content (AvgIpc) is 3.50. The highest BCUT2D eigenvalue weighted by Gasteiger charge is 2.31. The first kappa shape index (κ1) is 17.0. The van der Waals surface area contributed by atoms with E-state index in [2.05, 4.69) is 16.3 Å². The van der Waals surface area contributed by atoms with E-state index in [9.17, 15) is 9.59 Å². The highest BCUT2D eigenvalue weighted by molar-refractivity contribution is 5.98. The second-order valence-electron chi connectivity index (χ2n) is 7.35. The molecule has 0 bridgehead atoms. The molecule has 0 radical (unpaired) electrons. The molecule has 1 aliphatic carbocycles. The summed E-state index contributed by atoms with van der Waals surface area (Å²) >= 11 is 0. The lowest BCUT2D eigenvalue weighted by Gasteiger charge is -2.37. The Balaban J connectivity index is 1.37. The van der Waals surface area contributed by atoms with Crippen molar-refractivity contribution in [1.82, 2.24) is 15.1 Å². The number of rotatable bonds is 4. The number of carbonyl (C=O) groups excluding carboxylic acids is 2. The summed E-state index contributed by atoms with van der Waals surface area (Å²) in [5, 5.41) is 5.30. The standard InChI is InChI=1S/C21H25N3O2/c1-15(20(25)22-19-8-9-19)23-10-12-24(13-11-23)21(26)18-7-6-16-4-2-3-5-17(16)14-18/h2-7,14-15,19H,8-13H2,1H3,(H,22,25)/t15-/m0/s1. The molecule has 2 amide bonds. The van der Waals surface area contributed by atoms with Crippen molar-refractivity contribution >= 4 is 22.6 Å². The zero-order valence-electron chi connectivity index (χ0n) is 15.1. The van der Waals surface area contributed by atoms with E-state index in [4.69, 9.17) is 0 Å². The zero-order chi connectivity index (χ0) is 18.1. The molecular formula is C21H25N3O2. The van der Waals surface area contributed by atoms with Gasteiger partial charge >= 0.3 is 0 Å². The number of hydrogen-bond donors (Lipinski definition) is 1. The topological polar surface area (TPSA) is 52.7 Å². The Morgan fingerprint density at radius 2 is 1.69 bits per heavy atom. The van der Waals surface area contributed by atoms with E-state index in [1.54, 1.807) is 0 Å². The largest absolute Gasteiger partial charge is 0.352 e. The van der Waals surface area contributed by atoms with Gasteiger partial charge in [-0.3, -0.25) is 14.5 Å². The molecule has 1 saturated carbocycles. The van der Waals surface area contributed by atoms with Crippen LogP contribution in [0.4, 0.5) is 0 Å². The Labute approximate surface area is 154 Å². The Kier molecular flexibility index (Phi) is 4.64. The number of piperazine rings is 1. The van der Waals surface area contributed by atoms with Crippen molar-refractivity contribution in [2.75, 3.05) is 26.2 Å². The molecule has 2 fully saturated rings. The lowest BCUT2D eigenvalue weighted by Crippen LogP contribution is -2.55. The first-order valence-electron chi connectivity index (χ1n) is 9.44. The van der Waals surface area contributed by atoms with E-state index in [1.165, 1.54) is 0 Å². The summed E-state index contributed by atoms with van der Waals surface area (Å²) in [6.45, 7) is 4.75. The highest BCUT2D eigenvalue weighted by Crippen LogP contribution is 2.20. The lowest BCUT2D eigenvalue weighted by molar-refractivity contribution is -0.126. The van der Waals surface area contributed by atoms with Gasteiger partial charge in [-0.2, -0.15) is 0 Å². The van der Waals surface area contributed by atoms with Crippen LogP contribution in [-0.2, 0) is 4.79 Å². The molecule has 2 aromatic rings. The number of carbonyl (C=O) groups is 2. The van der Waals surface area contributed by atoms with Crippen LogP contribution in [0.3, 0.4) is 0 Å². The molecule has 136 valence electrons. The van der Waals surface area contributed by atoms with Crippen LogP contribution in [0.2, 0.25) is 0 Å². The number of amides is 2. The van der Waals surface area contributed by atoms with E-state index >= 15 is 0 Å². The van der Waals surface area contributed by atoms with Crippen LogP contribution < -0.4 is 5.32 Å². The van der Waals surface area contributed by atoms with Crippen LogP contribution in [0.5, 0.6) is 0 Å². The third-order valence-corrected chi connectivity index (χ3v) is 5.45. The molecule has 1 N–H and O–H groups in total. The normalized spacial score (nSPS) is 19.3. The molecule has 2 aliphatic rings. The first-order valence-corrected chi connectivity index (χ1v) is 9.44. The molecule has 2 aromatic carbocycles. The molecule has 5 nitrogen and oxygen atoms in total. The fourth-order valence-corrected chi connectivity index (χ4v) is 3.53. The molecular weight excluding hydrogens is 326 g/mol. The fourth-order valence-electron chi connectivity index (χ4n) is 3.53. The number of fused-ring (bicyclic) bond motifs is 1. The molecule has 1 heterocycles. The van der Waals surface area contributed by atoms with Crippen molar-refractivity contribution < 1.29 is 9.59 Å².